The van der Waals surface area contributed by atoms with E-state index in [1.54, 1.807) is 0 Å². The highest BCUT2D eigenvalue weighted by atomic mass is 19.1. The van der Waals surface area contributed by atoms with Crippen LogP contribution in [0.15, 0.2) is 47.4 Å². The van der Waals surface area contributed by atoms with Crippen molar-refractivity contribution in [2.75, 3.05) is 0 Å². The van der Waals surface area contributed by atoms with Crippen molar-refractivity contribution in [3.8, 4) is 0 Å². The zero-order chi connectivity index (χ0) is 6.97. The predicted octanol–water partition coefficient (Wildman–Crippen LogP) is 2.67. The van der Waals surface area contributed by atoms with Gasteiger partial charge in [0.1, 0.15) is 5.83 Å². The monoisotopic (exact) mass is 134 g/mol. The molecular weight excluding hydrogens is 127 g/mol. The summed E-state index contributed by atoms with van der Waals surface area (Å²) in [6.45, 7) is 0. The van der Waals surface area contributed by atoms with Crippen molar-refractivity contribution in [3.63, 3.8) is 0 Å². The van der Waals surface area contributed by atoms with Crippen LogP contribution in [-0.4, -0.2) is 0 Å². The highest BCUT2D eigenvalue weighted by Gasteiger charge is 2.14. The molecule has 0 amide bonds. The van der Waals surface area contributed by atoms with E-state index in [1.807, 2.05) is 24.3 Å². The summed E-state index contributed by atoms with van der Waals surface area (Å²) in [5.41, 5.74) is 1.86. The first kappa shape index (κ1) is 5.66. The molecule has 0 aromatic carbocycles. The van der Waals surface area contributed by atoms with E-state index in [2.05, 4.69) is 0 Å². The van der Waals surface area contributed by atoms with Crippen molar-refractivity contribution in [1.82, 2.24) is 0 Å². The second kappa shape index (κ2) is 1.94. The van der Waals surface area contributed by atoms with Crippen LogP contribution in [0.1, 0.15) is 6.42 Å². The molecule has 0 nitrogen and oxygen atoms in total. The maximum Gasteiger partial charge on any atom is 0.130 e. The molecule has 0 aromatic rings. The molecule has 2 aliphatic rings. The van der Waals surface area contributed by atoms with E-state index >= 15 is 0 Å². The third-order valence-corrected chi connectivity index (χ3v) is 1.77. The Kier molecular flexibility index (Phi) is 1.10. The number of rotatable bonds is 0. The van der Waals surface area contributed by atoms with Crippen LogP contribution in [0.2, 0.25) is 0 Å². The van der Waals surface area contributed by atoms with Crippen molar-refractivity contribution < 1.29 is 4.39 Å². The van der Waals surface area contributed by atoms with Crippen molar-refractivity contribution in [3.05, 3.63) is 47.4 Å². The molecule has 50 valence electrons. The van der Waals surface area contributed by atoms with Gasteiger partial charge >= 0.3 is 0 Å². The Bertz CT molecular complexity index is 277. The minimum absolute atomic E-state index is 0.0978. The number of fused-ring (bicyclic) bond motifs is 1. The Morgan fingerprint density at radius 1 is 1.20 bits per heavy atom. The molecule has 0 N–H and O–H groups in total. The van der Waals surface area contributed by atoms with E-state index in [-0.39, 0.29) is 5.83 Å². The van der Waals surface area contributed by atoms with Crippen molar-refractivity contribution in [2.24, 2.45) is 0 Å². The molecule has 0 aliphatic heterocycles. The summed E-state index contributed by atoms with van der Waals surface area (Å²) in [7, 11) is 0. The molecule has 0 spiro atoms. The summed E-state index contributed by atoms with van der Waals surface area (Å²) >= 11 is 0. The van der Waals surface area contributed by atoms with Gasteiger partial charge in [0, 0.05) is 5.57 Å². The van der Waals surface area contributed by atoms with Crippen LogP contribution in [0.5, 0.6) is 0 Å². The summed E-state index contributed by atoms with van der Waals surface area (Å²) in [5, 5.41) is 0. The predicted molar refractivity (Wildman–Crippen MR) is 39.1 cm³/mol. The average Bonchev–Trinajstić information content (AvgIpc) is 2.34. The largest absolute Gasteiger partial charge is 0.206 e. The molecule has 0 radical (unpaired) electrons. The van der Waals surface area contributed by atoms with E-state index in [1.165, 1.54) is 6.08 Å². The average molecular weight is 134 g/mol. The SMILES string of the molecule is FC1=CC=C2CC=CC=C12. The standard InChI is InChI=1S/C9H7F/c10-9-6-5-7-3-1-2-4-8(7)9/h1-2,4-6H,3H2. The fourth-order valence-corrected chi connectivity index (χ4v) is 1.23. The number of hydrogen-bond donors (Lipinski definition) is 0. The Morgan fingerprint density at radius 3 is 2.90 bits per heavy atom. The summed E-state index contributed by atoms with van der Waals surface area (Å²) in [6.07, 6.45) is 9.97. The normalized spacial score (nSPS) is 21.5. The lowest BCUT2D eigenvalue weighted by molar-refractivity contribution is 0.658. The maximum atomic E-state index is 12.8. The number of halogens is 1. The zero-order valence-electron chi connectivity index (χ0n) is 5.47. The van der Waals surface area contributed by atoms with Crippen molar-refractivity contribution in [2.45, 2.75) is 6.42 Å². The topological polar surface area (TPSA) is 0 Å². The van der Waals surface area contributed by atoms with Gasteiger partial charge in [-0.2, -0.15) is 0 Å². The summed E-state index contributed by atoms with van der Waals surface area (Å²) in [6, 6.07) is 0. The van der Waals surface area contributed by atoms with E-state index in [9.17, 15) is 4.39 Å². The van der Waals surface area contributed by atoms with Gasteiger partial charge in [-0.05, 0) is 18.1 Å². The first-order valence-corrected chi connectivity index (χ1v) is 3.32. The fourth-order valence-electron chi connectivity index (χ4n) is 1.23. The third-order valence-electron chi connectivity index (χ3n) is 1.77. The van der Waals surface area contributed by atoms with Gasteiger partial charge in [0.25, 0.3) is 0 Å². The van der Waals surface area contributed by atoms with Crippen LogP contribution in [0, 0.1) is 0 Å². The minimum atomic E-state index is -0.0978. The van der Waals surface area contributed by atoms with Gasteiger partial charge in [-0.25, -0.2) is 4.39 Å². The lowest BCUT2D eigenvalue weighted by Crippen LogP contribution is -1.87. The van der Waals surface area contributed by atoms with Gasteiger partial charge in [-0.15, -0.1) is 0 Å². The molecule has 0 aromatic heterocycles. The lowest BCUT2D eigenvalue weighted by atomic mass is 10.0. The molecule has 10 heavy (non-hydrogen) atoms. The van der Waals surface area contributed by atoms with Gasteiger partial charge in [-0.3, -0.25) is 0 Å². The summed E-state index contributed by atoms with van der Waals surface area (Å²) in [5.74, 6) is -0.0978. The van der Waals surface area contributed by atoms with Crippen LogP contribution < -0.4 is 0 Å². The quantitative estimate of drug-likeness (QED) is 0.477. The molecule has 0 saturated heterocycles. The van der Waals surface area contributed by atoms with Gasteiger partial charge in [0.15, 0.2) is 0 Å². The van der Waals surface area contributed by atoms with E-state index in [4.69, 9.17) is 0 Å². The minimum Gasteiger partial charge on any atom is -0.206 e. The number of allylic oxidation sites excluding steroid dienone is 8. The second-order valence-electron chi connectivity index (χ2n) is 2.42. The van der Waals surface area contributed by atoms with Crippen LogP contribution in [-0.2, 0) is 0 Å². The molecule has 2 aliphatic carbocycles. The van der Waals surface area contributed by atoms with Crippen molar-refractivity contribution in [1.29, 1.82) is 0 Å². The molecule has 0 bridgehead atoms. The Hall–Kier alpha value is -1.11. The Morgan fingerprint density at radius 2 is 2.10 bits per heavy atom. The van der Waals surface area contributed by atoms with Crippen LogP contribution in [0.4, 0.5) is 4.39 Å². The van der Waals surface area contributed by atoms with Gasteiger partial charge in [0.05, 0.1) is 0 Å². The third kappa shape index (κ3) is 0.670. The highest BCUT2D eigenvalue weighted by Crippen LogP contribution is 2.31. The summed E-state index contributed by atoms with van der Waals surface area (Å²) < 4.78 is 12.8. The molecule has 1 heteroatoms. The Labute approximate surface area is 59.1 Å². The molecule has 0 heterocycles. The van der Waals surface area contributed by atoms with E-state index < -0.39 is 0 Å². The molecule has 0 unspecified atom stereocenters. The number of hydrogen-bond acceptors (Lipinski definition) is 0. The highest BCUT2D eigenvalue weighted by molar-refractivity contribution is 5.55. The molecule has 2 rings (SSSR count). The van der Waals surface area contributed by atoms with Crippen LogP contribution in [0.25, 0.3) is 0 Å². The second-order valence-corrected chi connectivity index (χ2v) is 2.42. The van der Waals surface area contributed by atoms with Gasteiger partial charge in [0.2, 0.25) is 0 Å². The Balaban J connectivity index is 2.46. The van der Waals surface area contributed by atoms with E-state index in [0.717, 1.165) is 17.6 Å². The fraction of sp³-hybridized carbons (Fsp3) is 0.111. The molecule has 0 atom stereocenters. The van der Waals surface area contributed by atoms with Crippen LogP contribution in [0.3, 0.4) is 0 Å². The van der Waals surface area contributed by atoms with Crippen molar-refractivity contribution >= 4 is 0 Å². The maximum absolute atomic E-state index is 12.8. The molecular formula is C9H7F. The first-order chi connectivity index (χ1) is 4.88. The van der Waals surface area contributed by atoms with Gasteiger partial charge < -0.3 is 0 Å². The lowest BCUT2D eigenvalue weighted by Gasteiger charge is -2.05. The molecule has 0 saturated carbocycles. The smallest absolute Gasteiger partial charge is 0.130 e. The van der Waals surface area contributed by atoms with Gasteiger partial charge in [-0.1, -0.05) is 24.3 Å². The van der Waals surface area contributed by atoms with Crippen LogP contribution >= 0.6 is 0 Å². The molecule has 0 fully saturated rings. The zero-order valence-corrected chi connectivity index (χ0v) is 5.47. The summed E-state index contributed by atoms with van der Waals surface area (Å²) in [4.78, 5) is 0. The van der Waals surface area contributed by atoms with E-state index in [0.29, 0.717) is 0 Å². The first-order valence-electron chi connectivity index (χ1n) is 3.32.